The second-order valence-electron chi connectivity index (χ2n) is 7.55. The van der Waals surface area contributed by atoms with Gasteiger partial charge < -0.3 is 36.8 Å². The summed E-state index contributed by atoms with van der Waals surface area (Å²) in [5.41, 5.74) is 6.59. The first-order valence-electron chi connectivity index (χ1n) is 10.1. The van der Waals surface area contributed by atoms with Gasteiger partial charge in [-0.3, -0.25) is 19.4 Å². The molecule has 13 heteroatoms. The highest BCUT2D eigenvalue weighted by Crippen LogP contribution is 2.25. The first kappa shape index (κ1) is 23.4. The van der Waals surface area contributed by atoms with Crippen molar-refractivity contribution >= 4 is 41.0 Å². The van der Waals surface area contributed by atoms with E-state index in [-0.39, 0.29) is 36.0 Å². The van der Waals surface area contributed by atoms with Crippen LogP contribution in [-0.4, -0.2) is 70.2 Å². The molecule has 0 saturated carbocycles. The van der Waals surface area contributed by atoms with Crippen molar-refractivity contribution in [2.24, 2.45) is 0 Å². The van der Waals surface area contributed by atoms with Gasteiger partial charge in [-0.05, 0) is 30.7 Å². The number of carboxylic acid groups (broad SMARTS) is 2. The molecule has 3 rings (SSSR count). The van der Waals surface area contributed by atoms with E-state index in [9.17, 15) is 24.3 Å². The van der Waals surface area contributed by atoms with E-state index in [2.05, 4.69) is 25.9 Å². The van der Waals surface area contributed by atoms with E-state index in [0.29, 0.717) is 24.6 Å². The molecule has 1 aromatic heterocycles. The van der Waals surface area contributed by atoms with Crippen molar-refractivity contribution < 1.29 is 24.6 Å². The third-order valence-corrected chi connectivity index (χ3v) is 5.26. The van der Waals surface area contributed by atoms with Crippen molar-refractivity contribution in [2.75, 3.05) is 41.4 Å². The molecule has 0 saturated heterocycles. The van der Waals surface area contributed by atoms with Crippen LogP contribution < -0.4 is 32.1 Å². The number of aromatic nitrogens is 2. The molecular weight excluding hydrogens is 434 g/mol. The summed E-state index contributed by atoms with van der Waals surface area (Å²) in [7, 11) is 1.79. The average Bonchev–Trinajstić information content (AvgIpc) is 2.75. The molecule has 0 radical (unpaired) electrons. The first-order chi connectivity index (χ1) is 15.7. The Labute approximate surface area is 188 Å². The molecule has 13 nitrogen and oxygen atoms in total. The number of nitrogen functional groups attached to an aromatic ring is 1. The van der Waals surface area contributed by atoms with Gasteiger partial charge in [0.2, 0.25) is 5.95 Å². The molecule has 2 aromatic rings. The predicted octanol–water partition coefficient (Wildman–Crippen LogP) is -0.258. The lowest BCUT2D eigenvalue weighted by Gasteiger charge is -2.35. The van der Waals surface area contributed by atoms with E-state index in [1.807, 2.05) is 4.90 Å². The Bertz CT molecular complexity index is 1100. The number of benzene rings is 1. The number of carbonyl (C=O) groups is 3. The summed E-state index contributed by atoms with van der Waals surface area (Å²) in [6.45, 7) is 1.01. The Hall–Kier alpha value is -4.29. The van der Waals surface area contributed by atoms with Gasteiger partial charge in [0.1, 0.15) is 11.7 Å². The molecule has 0 aliphatic carbocycles. The third-order valence-electron chi connectivity index (χ3n) is 5.26. The van der Waals surface area contributed by atoms with Crippen LogP contribution in [0.15, 0.2) is 29.1 Å². The quantitative estimate of drug-likeness (QED) is 0.260. The van der Waals surface area contributed by atoms with Crippen molar-refractivity contribution in [1.82, 2.24) is 15.3 Å². The van der Waals surface area contributed by atoms with Gasteiger partial charge in [0.15, 0.2) is 5.82 Å². The van der Waals surface area contributed by atoms with Crippen molar-refractivity contribution in [1.29, 1.82) is 0 Å². The number of nitrogens with one attached hydrogen (secondary N) is 4. The number of nitrogens with zero attached hydrogens (tertiary/aromatic N) is 2. The zero-order valence-corrected chi connectivity index (χ0v) is 17.8. The summed E-state index contributed by atoms with van der Waals surface area (Å²) in [5.74, 6) is -2.59. The Morgan fingerprint density at radius 1 is 1.27 bits per heavy atom. The highest BCUT2D eigenvalue weighted by atomic mass is 16.4. The molecule has 1 aliphatic rings. The maximum atomic E-state index is 12.3. The number of H-pyrrole nitrogens is 1. The molecule has 0 fully saturated rings. The summed E-state index contributed by atoms with van der Waals surface area (Å²) < 4.78 is 0. The number of hydrogen-bond acceptors (Lipinski definition) is 9. The number of aliphatic carboxylic acids is 2. The van der Waals surface area contributed by atoms with Crippen molar-refractivity contribution in [3.63, 3.8) is 0 Å². The predicted molar refractivity (Wildman–Crippen MR) is 121 cm³/mol. The van der Waals surface area contributed by atoms with Gasteiger partial charge in [-0.25, -0.2) is 4.79 Å². The van der Waals surface area contributed by atoms with Crippen LogP contribution in [0.4, 0.5) is 23.1 Å². The molecule has 176 valence electrons. The number of rotatable bonds is 9. The maximum Gasteiger partial charge on any atom is 0.326 e. The van der Waals surface area contributed by atoms with Crippen molar-refractivity contribution in [3.05, 3.63) is 40.2 Å². The van der Waals surface area contributed by atoms with E-state index in [4.69, 9.17) is 10.8 Å². The van der Waals surface area contributed by atoms with Crippen LogP contribution >= 0.6 is 0 Å². The monoisotopic (exact) mass is 459 g/mol. The van der Waals surface area contributed by atoms with Gasteiger partial charge in [-0.2, -0.15) is 4.98 Å². The lowest BCUT2D eigenvalue weighted by atomic mass is 10.1. The molecule has 8 N–H and O–H groups in total. The molecule has 1 amide bonds. The van der Waals surface area contributed by atoms with Crippen LogP contribution in [-0.2, 0) is 9.59 Å². The van der Waals surface area contributed by atoms with E-state index in [1.54, 1.807) is 19.2 Å². The smallest absolute Gasteiger partial charge is 0.326 e. The molecular formula is C20H25N7O6. The molecule has 1 aliphatic heterocycles. The lowest BCUT2D eigenvalue weighted by molar-refractivity contribution is -0.140. The van der Waals surface area contributed by atoms with Gasteiger partial charge in [-0.15, -0.1) is 0 Å². The van der Waals surface area contributed by atoms with Crippen LogP contribution in [0.3, 0.4) is 0 Å². The van der Waals surface area contributed by atoms with Gasteiger partial charge in [0.25, 0.3) is 11.5 Å². The number of anilines is 4. The number of carbonyl (C=O) groups excluding carboxylic acids is 1. The summed E-state index contributed by atoms with van der Waals surface area (Å²) in [4.78, 5) is 54.9. The van der Waals surface area contributed by atoms with Crippen LogP contribution in [0, 0.1) is 0 Å². The topological polar surface area (TPSA) is 203 Å². The summed E-state index contributed by atoms with van der Waals surface area (Å²) >= 11 is 0. The fraction of sp³-hybridized carbons (Fsp3) is 0.350. The third kappa shape index (κ3) is 5.70. The normalized spacial score (nSPS) is 15.7. The minimum Gasteiger partial charge on any atom is -0.481 e. The van der Waals surface area contributed by atoms with E-state index >= 15 is 0 Å². The zero-order valence-electron chi connectivity index (χ0n) is 17.8. The van der Waals surface area contributed by atoms with E-state index in [0.717, 1.165) is 5.69 Å². The Morgan fingerprint density at radius 2 is 1.97 bits per heavy atom. The molecule has 0 bridgehead atoms. The van der Waals surface area contributed by atoms with Crippen LogP contribution in [0.1, 0.15) is 23.2 Å². The van der Waals surface area contributed by atoms with Crippen LogP contribution in [0.5, 0.6) is 0 Å². The van der Waals surface area contributed by atoms with Gasteiger partial charge in [0.05, 0.1) is 6.04 Å². The van der Waals surface area contributed by atoms with Gasteiger partial charge >= 0.3 is 11.9 Å². The lowest BCUT2D eigenvalue weighted by Crippen LogP contribution is -2.48. The summed E-state index contributed by atoms with van der Waals surface area (Å²) in [5, 5.41) is 26.6. The Kier molecular flexibility index (Phi) is 7.00. The molecule has 2 atom stereocenters. The summed E-state index contributed by atoms with van der Waals surface area (Å²) in [6, 6.07) is 5.03. The molecule has 0 unspecified atom stereocenters. The highest BCUT2D eigenvalue weighted by molar-refractivity contribution is 5.96. The SMILES string of the molecule is CN1c2c(nc(N)[nH]c2=O)NC[C@@H]1CNc1ccc(C(=O)N[C@H](CCC(=O)O)C(=O)O)cc1. The Balaban J connectivity index is 1.58. The standard InChI is InChI=1S/C20H25N7O6/c1-27-12(9-23-16-15(27)18(31)26-20(21)25-16)8-22-11-4-2-10(3-5-11)17(30)24-13(19(32)33)6-7-14(28)29/h2-5,12-13,22H,6-9H2,1H3,(H,24,30)(H,28,29)(H,32,33)(H4,21,23,25,26,31)/t12-,13+/m0/s1. The molecule has 33 heavy (non-hydrogen) atoms. The second-order valence-corrected chi connectivity index (χ2v) is 7.55. The van der Waals surface area contributed by atoms with Crippen molar-refractivity contribution in [2.45, 2.75) is 24.9 Å². The number of nitrogens with two attached hydrogens (primary N) is 1. The first-order valence-corrected chi connectivity index (χ1v) is 10.1. The van der Waals surface area contributed by atoms with Crippen LogP contribution in [0.2, 0.25) is 0 Å². The second kappa shape index (κ2) is 9.89. The number of likely N-dealkylation sites (N-methyl/N-ethyl adjacent to an activating group) is 1. The minimum atomic E-state index is -1.30. The van der Waals surface area contributed by atoms with Crippen LogP contribution in [0.25, 0.3) is 0 Å². The van der Waals surface area contributed by atoms with E-state index < -0.39 is 23.9 Å². The number of amides is 1. The number of fused-ring (bicyclic) bond motifs is 1. The van der Waals surface area contributed by atoms with Gasteiger partial charge in [0, 0.05) is 37.8 Å². The minimum absolute atomic E-state index is 0.0388. The number of hydrogen-bond donors (Lipinski definition) is 7. The fourth-order valence-electron chi connectivity index (χ4n) is 3.42. The molecule has 2 heterocycles. The average molecular weight is 459 g/mol. The maximum absolute atomic E-state index is 12.3. The highest BCUT2D eigenvalue weighted by Gasteiger charge is 2.27. The summed E-state index contributed by atoms with van der Waals surface area (Å²) in [6.07, 6.45) is -0.586. The zero-order chi connectivity index (χ0) is 24.1. The largest absolute Gasteiger partial charge is 0.481 e. The van der Waals surface area contributed by atoms with Gasteiger partial charge in [-0.1, -0.05) is 0 Å². The number of aromatic amines is 1. The molecule has 0 spiro atoms. The fourth-order valence-corrected chi connectivity index (χ4v) is 3.42. The Morgan fingerprint density at radius 3 is 2.61 bits per heavy atom. The molecule has 1 aromatic carbocycles. The number of carboxylic acids is 2. The van der Waals surface area contributed by atoms with E-state index in [1.165, 1.54) is 12.1 Å². The van der Waals surface area contributed by atoms with Crippen molar-refractivity contribution in [3.8, 4) is 0 Å².